The van der Waals surface area contributed by atoms with Crippen molar-refractivity contribution >= 4 is 34.2 Å². The lowest BCUT2D eigenvalue weighted by atomic mass is 10.2. The molecule has 0 fully saturated rings. The van der Waals surface area contributed by atoms with Crippen LogP contribution < -0.4 is 20.1 Å². The maximum Gasteiger partial charge on any atom is 0.414 e. The zero-order valence-corrected chi connectivity index (χ0v) is 14.7. The number of carbonyl (C=O) groups is 3. The molecule has 1 aromatic heterocycles. The molecule has 0 saturated carbocycles. The molecule has 0 bridgehead atoms. The van der Waals surface area contributed by atoms with Crippen molar-refractivity contribution in [3.8, 4) is 11.5 Å². The molecule has 0 saturated heterocycles. The molecule has 1 aliphatic rings. The van der Waals surface area contributed by atoms with Crippen LogP contribution in [0.1, 0.15) is 27.6 Å². The monoisotopic (exact) mass is 376 g/mol. The number of amides is 3. The third-order valence-corrected chi connectivity index (χ3v) is 4.26. The average Bonchev–Trinajstić information content (AvgIpc) is 3.09. The molecule has 136 valence electrons. The van der Waals surface area contributed by atoms with E-state index in [2.05, 4.69) is 15.4 Å². The zero-order chi connectivity index (χ0) is 18.5. The van der Waals surface area contributed by atoms with Crippen molar-refractivity contribution in [1.82, 2.24) is 5.32 Å². The normalized spacial score (nSPS) is 12.2. The maximum atomic E-state index is 12.5. The second-order valence-corrected chi connectivity index (χ2v) is 6.07. The van der Waals surface area contributed by atoms with Gasteiger partial charge >= 0.3 is 6.09 Å². The summed E-state index contributed by atoms with van der Waals surface area (Å²) in [6, 6.07) is 6.36. The van der Waals surface area contributed by atoms with Crippen molar-refractivity contribution in [1.29, 1.82) is 0 Å². The van der Waals surface area contributed by atoms with E-state index in [9.17, 15) is 14.4 Å². The van der Waals surface area contributed by atoms with Crippen molar-refractivity contribution in [3.63, 3.8) is 0 Å². The fourth-order valence-electron chi connectivity index (χ4n) is 2.27. The van der Waals surface area contributed by atoms with Crippen molar-refractivity contribution in [3.05, 3.63) is 40.8 Å². The summed E-state index contributed by atoms with van der Waals surface area (Å²) in [7, 11) is 0. The van der Waals surface area contributed by atoms with Gasteiger partial charge in [-0.15, -0.1) is 11.3 Å². The first-order valence-electron chi connectivity index (χ1n) is 7.85. The Kier molecular flexibility index (Phi) is 5.37. The first kappa shape index (κ1) is 17.7. The van der Waals surface area contributed by atoms with E-state index < -0.39 is 17.9 Å². The molecule has 1 aliphatic heterocycles. The lowest BCUT2D eigenvalue weighted by Crippen LogP contribution is -2.31. The van der Waals surface area contributed by atoms with Gasteiger partial charge in [0.15, 0.2) is 11.5 Å². The van der Waals surface area contributed by atoms with Crippen LogP contribution in [-0.4, -0.2) is 37.7 Å². The van der Waals surface area contributed by atoms with Crippen molar-refractivity contribution in [2.24, 2.45) is 0 Å². The summed E-state index contributed by atoms with van der Waals surface area (Å²) in [6.07, 6.45) is -0.840. The summed E-state index contributed by atoms with van der Waals surface area (Å²) < 4.78 is 15.6. The molecule has 8 nitrogen and oxygen atoms in total. The van der Waals surface area contributed by atoms with Crippen LogP contribution in [0.5, 0.6) is 11.5 Å². The zero-order valence-electron chi connectivity index (χ0n) is 13.9. The van der Waals surface area contributed by atoms with Gasteiger partial charge in [0.25, 0.3) is 11.8 Å². The highest BCUT2D eigenvalue weighted by molar-refractivity contribution is 7.14. The Hall–Kier alpha value is -3.07. The number of hydrogen-bond donors (Lipinski definition) is 2. The molecule has 0 radical (unpaired) electrons. The number of hydrogen-bond acceptors (Lipinski definition) is 7. The number of fused-ring (bicyclic) bond motifs is 1. The van der Waals surface area contributed by atoms with E-state index >= 15 is 0 Å². The molecule has 3 amide bonds. The Morgan fingerprint density at radius 3 is 2.65 bits per heavy atom. The molecule has 2 N–H and O–H groups in total. The fourth-order valence-corrected chi connectivity index (χ4v) is 3.05. The molecule has 3 rings (SSSR count). The van der Waals surface area contributed by atoms with Gasteiger partial charge in [-0.05, 0) is 36.6 Å². The fraction of sp³-hybridized carbons (Fsp3) is 0.235. The number of ether oxygens (including phenoxy) is 3. The second-order valence-electron chi connectivity index (χ2n) is 5.15. The van der Waals surface area contributed by atoms with Crippen LogP contribution in [-0.2, 0) is 4.74 Å². The quantitative estimate of drug-likeness (QED) is 0.850. The van der Waals surface area contributed by atoms with Crippen LogP contribution in [0.25, 0.3) is 0 Å². The summed E-state index contributed by atoms with van der Waals surface area (Å²) in [5.74, 6) is 0.0190. The van der Waals surface area contributed by atoms with E-state index in [4.69, 9.17) is 9.47 Å². The van der Waals surface area contributed by atoms with E-state index in [1.165, 1.54) is 17.4 Å². The van der Waals surface area contributed by atoms with Gasteiger partial charge in [0.05, 0.1) is 12.2 Å². The molecule has 1 aromatic carbocycles. The van der Waals surface area contributed by atoms with Gasteiger partial charge in [0, 0.05) is 5.56 Å². The van der Waals surface area contributed by atoms with E-state index in [1.807, 2.05) is 0 Å². The summed E-state index contributed by atoms with van der Waals surface area (Å²) in [5, 5.41) is 6.73. The number of carbonyl (C=O) groups excluding carboxylic acids is 3. The Balaban J connectivity index is 1.71. The van der Waals surface area contributed by atoms with Gasteiger partial charge < -0.3 is 19.5 Å². The molecular formula is C17H16N2O6S. The van der Waals surface area contributed by atoms with E-state index in [-0.39, 0.29) is 12.2 Å². The van der Waals surface area contributed by atoms with Crippen LogP contribution in [0, 0.1) is 0 Å². The first-order chi connectivity index (χ1) is 12.6. The SMILES string of the molecule is CCOC(=O)NC(=O)c1ccsc1NC(=O)c1ccc2c(c1)OCCO2. The molecule has 0 spiro atoms. The van der Waals surface area contributed by atoms with Gasteiger partial charge in [-0.25, -0.2) is 4.79 Å². The number of imide groups is 1. The minimum absolute atomic E-state index is 0.149. The summed E-state index contributed by atoms with van der Waals surface area (Å²) in [4.78, 5) is 36.0. The van der Waals surface area contributed by atoms with Crippen LogP contribution in [0.4, 0.5) is 9.80 Å². The predicted octanol–water partition coefficient (Wildman–Crippen LogP) is 2.66. The highest BCUT2D eigenvalue weighted by Crippen LogP contribution is 2.31. The van der Waals surface area contributed by atoms with Gasteiger partial charge in [0.1, 0.15) is 18.2 Å². The van der Waals surface area contributed by atoms with Crippen LogP contribution >= 0.6 is 11.3 Å². The Labute approximate surface area is 153 Å². The van der Waals surface area contributed by atoms with E-state index in [1.54, 1.807) is 30.5 Å². The standard InChI is InChI=1S/C17H16N2O6S/c1-2-23-17(22)19-15(21)11-5-8-26-16(11)18-14(20)10-3-4-12-13(9-10)25-7-6-24-12/h3-5,8-9H,2,6-7H2,1H3,(H,18,20)(H,19,21,22). The Morgan fingerprint density at radius 1 is 1.12 bits per heavy atom. The third kappa shape index (κ3) is 3.94. The molecule has 0 atom stereocenters. The number of nitrogens with one attached hydrogen (secondary N) is 2. The van der Waals surface area contributed by atoms with Crippen molar-refractivity contribution in [2.75, 3.05) is 25.1 Å². The lowest BCUT2D eigenvalue weighted by molar-refractivity contribution is 0.0926. The highest BCUT2D eigenvalue weighted by Gasteiger charge is 2.20. The van der Waals surface area contributed by atoms with E-state index in [0.29, 0.717) is 35.3 Å². The molecule has 9 heteroatoms. The minimum atomic E-state index is -0.840. The highest BCUT2D eigenvalue weighted by atomic mass is 32.1. The van der Waals surface area contributed by atoms with Crippen LogP contribution in [0.15, 0.2) is 29.6 Å². The summed E-state index contributed by atoms with van der Waals surface area (Å²) in [6.45, 7) is 2.66. The predicted molar refractivity (Wildman–Crippen MR) is 94.2 cm³/mol. The molecule has 2 aromatic rings. The number of anilines is 1. The Morgan fingerprint density at radius 2 is 1.88 bits per heavy atom. The van der Waals surface area contributed by atoms with Gasteiger partial charge in [-0.2, -0.15) is 0 Å². The number of rotatable bonds is 4. The first-order valence-corrected chi connectivity index (χ1v) is 8.73. The minimum Gasteiger partial charge on any atom is -0.486 e. The van der Waals surface area contributed by atoms with Crippen LogP contribution in [0.3, 0.4) is 0 Å². The number of thiophene rings is 1. The number of alkyl carbamates (subject to hydrolysis) is 1. The Bertz CT molecular complexity index is 848. The lowest BCUT2D eigenvalue weighted by Gasteiger charge is -2.18. The van der Waals surface area contributed by atoms with Crippen molar-refractivity contribution in [2.45, 2.75) is 6.92 Å². The number of benzene rings is 1. The molecule has 26 heavy (non-hydrogen) atoms. The second kappa shape index (κ2) is 7.87. The van der Waals surface area contributed by atoms with Crippen LogP contribution in [0.2, 0.25) is 0 Å². The topological polar surface area (TPSA) is 103 Å². The molecular weight excluding hydrogens is 360 g/mol. The third-order valence-electron chi connectivity index (χ3n) is 3.43. The average molecular weight is 376 g/mol. The van der Waals surface area contributed by atoms with E-state index in [0.717, 1.165) is 0 Å². The van der Waals surface area contributed by atoms with Gasteiger partial charge in [0.2, 0.25) is 0 Å². The summed E-state index contributed by atoms with van der Waals surface area (Å²) >= 11 is 1.17. The molecule has 0 aliphatic carbocycles. The molecule has 2 heterocycles. The maximum absolute atomic E-state index is 12.5. The van der Waals surface area contributed by atoms with Gasteiger partial charge in [-0.1, -0.05) is 0 Å². The van der Waals surface area contributed by atoms with Gasteiger partial charge in [-0.3, -0.25) is 14.9 Å². The van der Waals surface area contributed by atoms with Crippen molar-refractivity contribution < 1.29 is 28.6 Å². The largest absolute Gasteiger partial charge is 0.486 e. The smallest absolute Gasteiger partial charge is 0.414 e. The molecule has 0 unspecified atom stereocenters. The summed E-state index contributed by atoms with van der Waals surface area (Å²) in [5.41, 5.74) is 0.536.